The van der Waals surface area contributed by atoms with Crippen molar-refractivity contribution in [2.45, 2.75) is 57.9 Å². The summed E-state index contributed by atoms with van der Waals surface area (Å²) in [5.74, 6) is -1.84. The van der Waals surface area contributed by atoms with E-state index in [1.54, 1.807) is 25.2 Å². The van der Waals surface area contributed by atoms with Gasteiger partial charge in [-0.3, -0.25) is 14.9 Å². The molecule has 1 aliphatic carbocycles. The summed E-state index contributed by atoms with van der Waals surface area (Å²) in [6.45, 7) is 15.3. The van der Waals surface area contributed by atoms with Gasteiger partial charge in [0, 0.05) is 31.2 Å². The molecule has 11 heteroatoms. The first-order valence-electron chi connectivity index (χ1n) is 17.8. The molecule has 0 radical (unpaired) electrons. The molecule has 51 heavy (non-hydrogen) atoms. The van der Waals surface area contributed by atoms with Crippen molar-refractivity contribution in [1.29, 1.82) is 0 Å². The molecule has 0 amide bonds. The molecule has 2 saturated heterocycles. The minimum absolute atomic E-state index is 0.0119. The molecule has 2 fully saturated rings. The van der Waals surface area contributed by atoms with Crippen molar-refractivity contribution in [1.82, 2.24) is 15.1 Å². The third kappa shape index (κ3) is 6.93. The van der Waals surface area contributed by atoms with Gasteiger partial charge >= 0.3 is 0 Å². The zero-order valence-electron chi connectivity index (χ0n) is 29.9. The number of allylic oxidation sites excluding steroid dienone is 5. The summed E-state index contributed by atoms with van der Waals surface area (Å²) in [7, 11) is 1.74. The van der Waals surface area contributed by atoms with Crippen molar-refractivity contribution in [3.63, 3.8) is 0 Å². The number of nitrogens with zero attached hydrogens (tertiary/aromatic N) is 5. The van der Waals surface area contributed by atoms with E-state index in [9.17, 15) is 0 Å². The fourth-order valence-corrected chi connectivity index (χ4v) is 8.05. The van der Waals surface area contributed by atoms with E-state index in [-0.39, 0.29) is 47.1 Å². The predicted octanol–water partition coefficient (Wildman–Crippen LogP) is 7.16. The van der Waals surface area contributed by atoms with Crippen LogP contribution in [0.1, 0.15) is 57.1 Å². The molecule has 6 rings (SSSR count). The van der Waals surface area contributed by atoms with Crippen LogP contribution in [-0.4, -0.2) is 86.6 Å². The Hall–Kier alpha value is -4.48. The van der Waals surface area contributed by atoms with Crippen molar-refractivity contribution >= 4 is 34.5 Å². The normalized spacial score (nSPS) is 21.7. The van der Waals surface area contributed by atoms with Gasteiger partial charge in [0.1, 0.15) is 29.9 Å². The average molecular weight is 700 g/mol. The molecule has 0 saturated carbocycles. The molecule has 0 atom stereocenters. The van der Waals surface area contributed by atoms with E-state index < -0.39 is 17.5 Å². The largest absolute Gasteiger partial charge is 0.397 e. The Kier molecular flexibility index (Phi) is 11.0. The molecule has 8 nitrogen and oxygen atoms in total. The standard InChI is InChI=1S/C40H48F3N7O/c1-6-28-31(41)14-13-27-11-7-12-29(34(27)28)35-32(42)21-30(38(36(35)43)48-24-51-23-40-15-8-19-50(40)20-9-16-40)39(46-5)49-18-10-17-47-33(22-49)25(2)37(44)26(3)45-4/h7,11-14,21,45H,3,5-6,8-10,15-20,22-24,44H2,1-2,4H3/b37-25?,39-30+,48-38?. The highest BCUT2D eigenvalue weighted by molar-refractivity contribution is 6.21. The van der Waals surface area contributed by atoms with Crippen LogP contribution in [-0.2, 0) is 11.2 Å². The third-order valence-electron chi connectivity index (χ3n) is 10.8. The number of benzene rings is 2. The fourth-order valence-electron chi connectivity index (χ4n) is 8.05. The molecule has 2 aromatic carbocycles. The first-order chi connectivity index (χ1) is 24.6. The Morgan fingerprint density at radius 1 is 1.10 bits per heavy atom. The number of hydrogen-bond donors (Lipinski definition) is 2. The lowest BCUT2D eigenvalue weighted by Gasteiger charge is -2.31. The van der Waals surface area contributed by atoms with Crippen LogP contribution in [0.15, 0.2) is 98.0 Å². The number of halogens is 3. The summed E-state index contributed by atoms with van der Waals surface area (Å²) >= 11 is 0. The number of nitrogens with two attached hydrogens (primary N) is 1. The molecule has 0 unspecified atom stereocenters. The number of fused-ring (bicyclic) bond motifs is 2. The SMILES string of the molecule is C=N/C(=C1/C=C(F)C(c2cccc3ccc(F)c(CC)c23)=C(F)C1=NCOCC12CCCN1CCC2)N1CCCN=C(C(C)=C(N)C(=C)NC)C1. The average Bonchev–Trinajstić information content (AvgIpc) is 3.62. The smallest absolute Gasteiger partial charge is 0.159 e. The number of rotatable bonds is 11. The lowest BCUT2D eigenvalue weighted by atomic mass is 9.88. The second-order valence-electron chi connectivity index (χ2n) is 13.6. The third-order valence-corrected chi connectivity index (χ3v) is 10.8. The van der Waals surface area contributed by atoms with Gasteiger partial charge in [-0.15, -0.1) is 0 Å². The van der Waals surface area contributed by atoms with Crippen LogP contribution in [0.4, 0.5) is 13.2 Å². The maximum absolute atomic E-state index is 17.2. The minimum Gasteiger partial charge on any atom is -0.397 e. The first-order valence-corrected chi connectivity index (χ1v) is 17.8. The Bertz CT molecular complexity index is 1910. The van der Waals surface area contributed by atoms with Gasteiger partial charge in [0.25, 0.3) is 0 Å². The molecule has 3 heterocycles. The number of ether oxygens (including phenoxy) is 1. The van der Waals surface area contributed by atoms with E-state index in [0.29, 0.717) is 66.0 Å². The van der Waals surface area contributed by atoms with Gasteiger partial charge in [0.05, 0.1) is 35.8 Å². The number of nitrogens with one attached hydrogen (secondary N) is 1. The van der Waals surface area contributed by atoms with Crippen molar-refractivity contribution in [2.75, 3.05) is 53.1 Å². The summed E-state index contributed by atoms with van der Waals surface area (Å²) < 4.78 is 55.1. The predicted molar refractivity (Wildman–Crippen MR) is 202 cm³/mol. The van der Waals surface area contributed by atoms with Crippen LogP contribution in [0.3, 0.4) is 0 Å². The molecule has 0 bridgehead atoms. The van der Waals surface area contributed by atoms with Crippen molar-refractivity contribution in [3.8, 4) is 0 Å². The molecular formula is C40H48F3N7O. The van der Waals surface area contributed by atoms with Crippen molar-refractivity contribution in [2.24, 2.45) is 20.7 Å². The number of aliphatic imine (C=N–C) groups is 3. The quantitative estimate of drug-likeness (QED) is 0.148. The van der Waals surface area contributed by atoms with Crippen LogP contribution >= 0.6 is 0 Å². The van der Waals surface area contributed by atoms with Gasteiger partial charge in [-0.1, -0.05) is 37.8 Å². The summed E-state index contributed by atoms with van der Waals surface area (Å²) in [6, 6.07) is 8.19. The van der Waals surface area contributed by atoms with E-state index in [1.807, 2.05) is 24.8 Å². The van der Waals surface area contributed by atoms with Crippen LogP contribution in [0, 0.1) is 5.82 Å². The molecule has 3 N–H and O–H groups in total. The zero-order chi connectivity index (χ0) is 36.3. The second kappa shape index (κ2) is 15.4. The van der Waals surface area contributed by atoms with Gasteiger partial charge in [0.15, 0.2) is 5.83 Å². The van der Waals surface area contributed by atoms with Gasteiger partial charge in [-0.25, -0.2) is 18.2 Å². The first kappa shape index (κ1) is 36.3. The van der Waals surface area contributed by atoms with E-state index in [2.05, 4.69) is 33.5 Å². The molecule has 0 spiro atoms. The molecule has 4 aliphatic rings. The highest BCUT2D eigenvalue weighted by Gasteiger charge is 2.44. The highest BCUT2D eigenvalue weighted by atomic mass is 19.1. The van der Waals surface area contributed by atoms with E-state index in [4.69, 9.17) is 15.5 Å². The van der Waals surface area contributed by atoms with E-state index in [1.165, 1.54) is 12.1 Å². The van der Waals surface area contributed by atoms with Crippen LogP contribution < -0.4 is 11.1 Å². The second-order valence-corrected chi connectivity index (χ2v) is 13.6. The van der Waals surface area contributed by atoms with E-state index in [0.717, 1.165) is 44.3 Å². The highest BCUT2D eigenvalue weighted by Crippen LogP contribution is 2.42. The van der Waals surface area contributed by atoms with Crippen LogP contribution in [0.25, 0.3) is 16.3 Å². The number of aryl methyl sites for hydroxylation is 1. The van der Waals surface area contributed by atoms with Gasteiger partial charge < -0.3 is 20.7 Å². The lowest BCUT2D eigenvalue weighted by molar-refractivity contribution is 0.0391. The van der Waals surface area contributed by atoms with Gasteiger partial charge in [-0.05, 0) is 105 Å². The van der Waals surface area contributed by atoms with Gasteiger partial charge in [0.2, 0.25) is 0 Å². The van der Waals surface area contributed by atoms with Gasteiger partial charge in [-0.2, -0.15) is 0 Å². The zero-order valence-corrected chi connectivity index (χ0v) is 29.9. The monoisotopic (exact) mass is 699 g/mol. The molecule has 270 valence electrons. The topological polar surface area (TPSA) is 90.8 Å². The molecule has 3 aliphatic heterocycles. The van der Waals surface area contributed by atoms with E-state index >= 15 is 13.2 Å². The van der Waals surface area contributed by atoms with Crippen LogP contribution in [0.5, 0.6) is 0 Å². The Morgan fingerprint density at radius 3 is 2.57 bits per heavy atom. The maximum Gasteiger partial charge on any atom is 0.159 e. The fraction of sp³-hybridized carbons (Fsp3) is 0.425. The Balaban J connectivity index is 1.45. The Labute approximate surface area is 298 Å². The lowest BCUT2D eigenvalue weighted by Crippen LogP contribution is -2.42. The van der Waals surface area contributed by atoms with Crippen LogP contribution in [0.2, 0.25) is 0 Å². The summed E-state index contributed by atoms with van der Waals surface area (Å²) in [5, 5.41) is 4.13. The van der Waals surface area contributed by atoms with Crippen molar-refractivity contribution in [3.05, 3.63) is 99.9 Å². The molecule has 0 aromatic heterocycles. The Morgan fingerprint density at radius 2 is 1.86 bits per heavy atom. The molecule has 2 aromatic rings. The minimum atomic E-state index is -0.871. The molecular weight excluding hydrogens is 651 g/mol. The summed E-state index contributed by atoms with van der Waals surface area (Å²) in [4.78, 5) is 18.2. The summed E-state index contributed by atoms with van der Waals surface area (Å²) in [5.41, 5.74) is 9.30. The number of likely N-dealkylation sites (N-methyl/N-ethyl adjacent to an activating group) is 1. The maximum atomic E-state index is 17.2. The number of hydrogen-bond acceptors (Lipinski definition) is 8. The summed E-state index contributed by atoms with van der Waals surface area (Å²) in [6.07, 6.45) is 6.65. The van der Waals surface area contributed by atoms with Crippen molar-refractivity contribution < 1.29 is 17.9 Å².